The molecule has 0 bridgehead atoms. The average Bonchev–Trinajstić information content (AvgIpc) is 2.09. The smallest absolute Gasteiger partial charge is 0.123 e. The lowest BCUT2D eigenvalue weighted by molar-refractivity contribution is 0.171. The Kier molecular flexibility index (Phi) is 3.39. The quantitative estimate of drug-likeness (QED) is 0.766. The van der Waals surface area contributed by atoms with Crippen molar-refractivity contribution in [1.82, 2.24) is 4.90 Å². The van der Waals surface area contributed by atoms with Gasteiger partial charge in [0.1, 0.15) is 5.82 Å². The Labute approximate surface area is 77.6 Å². The fourth-order valence-electron chi connectivity index (χ4n) is 1.25. The molecule has 0 saturated carbocycles. The largest absolute Gasteiger partial charge is 0.394 e. The second-order valence-corrected chi connectivity index (χ2v) is 3.21. The fourth-order valence-corrected chi connectivity index (χ4v) is 1.25. The molecule has 13 heavy (non-hydrogen) atoms. The predicted octanol–water partition coefficient (Wildman–Crippen LogP) is 1.42. The summed E-state index contributed by atoms with van der Waals surface area (Å²) in [7, 11) is 3.76. The molecule has 1 atom stereocenters. The van der Waals surface area contributed by atoms with E-state index >= 15 is 0 Å². The molecule has 0 amide bonds. The Morgan fingerprint density at radius 1 is 1.31 bits per heavy atom. The minimum absolute atomic E-state index is 0.0403. The molecule has 1 aromatic rings. The van der Waals surface area contributed by atoms with Crippen LogP contribution in [0.2, 0.25) is 0 Å². The summed E-state index contributed by atoms with van der Waals surface area (Å²) in [5, 5.41) is 9.08. The van der Waals surface area contributed by atoms with Gasteiger partial charge in [0.05, 0.1) is 12.6 Å². The van der Waals surface area contributed by atoms with Gasteiger partial charge in [-0.2, -0.15) is 0 Å². The molecular formula is C10H14FNO. The Morgan fingerprint density at radius 2 is 1.85 bits per heavy atom. The summed E-state index contributed by atoms with van der Waals surface area (Å²) in [6.45, 7) is 0.0403. The zero-order valence-corrected chi connectivity index (χ0v) is 7.87. The molecule has 0 unspecified atom stereocenters. The topological polar surface area (TPSA) is 23.5 Å². The van der Waals surface area contributed by atoms with E-state index in [4.69, 9.17) is 5.11 Å². The van der Waals surface area contributed by atoms with Gasteiger partial charge in [0.2, 0.25) is 0 Å². The van der Waals surface area contributed by atoms with Crippen LogP contribution >= 0.6 is 0 Å². The second kappa shape index (κ2) is 4.35. The first-order chi connectivity index (χ1) is 6.15. The number of hydrogen-bond donors (Lipinski definition) is 1. The van der Waals surface area contributed by atoms with Gasteiger partial charge < -0.3 is 10.0 Å². The van der Waals surface area contributed by atoms with E-state index in [1.165, 1.54) is 12.1 Å². The molecule has 1 aromatic carbocycles. The van der Waals surface area contributed by atoms with E-state index in [1.54, 1.807) is 12.1 Å². The highest BCUT2D eigenvalue weighted by Crippen LogP contribution is 2.17. The number of rotatable bonds is 3. The van der Waals surface area contributed by atoms with E-state index in [0.717, 1.165) is 5.56 Å². The van der Waals surface area contributed by atoms with Crippen molar-refractivity contribution in [1.29, 1.82) is 0 Å². The molecule has 0 aliphatic heterocycles. The third-order valence-electron chi connectivity index (χ3n) is 2.05. The van der Waals surface area contributed by atoms with Gasteiger partial charge in [-0.05, 0) is 31.8 Å². The Balaban J connectivity index is 2.86. The van der Waals surface area contributed by atoms with E-state index in [1.807, 2.05) is 19.0 Å². The molecular weight excluding hydrogens is 169 g/mol. The fraction of sp³-hybridized carbons (Fsp3) is 0.400. The average molecular weight is 183 g/mol. The number of benzene rings is 1. The minimum Gasteiger partial charge on any atom is -0.394 e. The Hall–Kier alpha value is -0.930. The number of hydrogen-bond acceptors (Lipinski definition) is 2. The van der Waals surface area contributed by atoms with Crippen LogP contribution < -0.4 is 0 Å². The summed E-state index contributed by atoms with van der Waals surface area (Å²) in [5.41, 5.74) is 0.925. The molecule has 0 aromatic heterocycles. The van der Waals surface area contributed by atoms with E-state index in [0.29, 0.717) is 0 Å². The van der Waals surface area contributed by atoms with Crippen molar-refractivity contribution in [2.24, 2.45) is 0 Å². The summed E-state index contributed by atoms with van der Waals surface area (Å²) in [5.74, 6) is -0.251. The Morgan fingerprint density at radius 3 is 2.23 bits per heavy atom. The van der Waals surface area contributed by atoms with Crippen LogP contribution in [0.5, 0.6) is 0 Å². The van der Waals surface area contributed by atoms with E-state index < -0.39 is 0 Å². The van der Waals surface area contributed by atoms with Crippen LogP contribution in [0, 0.1) is 5.82 Å². The third kappa shape index (κ3) is 2.50. The lowest BCUT2D eigenvalue weighted by atomic mass is 10.1. The summed E-state index contributed by atoms with van der Waals surface area (Å²) in [6, 6.07) is 6.13. The van der Waals surface area contributed by atoms with Crippen LogP contribution in [-0.4, -0.2) is 30.7 Å². The monoisotopic (exact) mass is 183 g/mol. The van der Waals surface area contributed by atoms with Crippen LogP contribution in [0.1, 0.15) is 11.6 Å². The Bertz CT molecular complexity index is 258. The van der Waals surface area contributed by atoms with Crippen LogP contribution in [0.4, 0.5) is 4.39 Å². The van der Waals surface area contributed by atoms with Gasteiger partial charge in [0.15, 0.2) is 0 Å². The zero-order chi connectivity index (χ0) is 9.84. The third-order valence-corrected chi connectivity index (χ3v) is 2.05. The number of nitrogens with zero attached hydrogens (tertiary/aromatic N) is 1. The van der Waals surface area contributed by atoms with Crippen molar-refractivity contribution in [3.63, 3.8) is 0 Å². The molecule has 0 radical (unpaired) electrons. The molecule has 1 N–H and O–H groups in total. The number of halogens is 1. The van der Waals surface area contributed by atoms with Gasteiger partial charge >= 0.3 is 0 Å². The molecule has 2 nitrogen and oxygen atoms in total. The summed E-state index contributed by atoms with van der Waals surface area (Å²) >= 11 is 0. The van der Waals surface area contributed by atoms with Gasteiger partial charge in [-0.25, -0.2) is 4.39 Å². The maximum absolute atomic E-state index is 12.6. The van der Waals surface area contributed by atoms with Crippen molar-refractivity contribution in [2.75, 3.05) is 20.7 Å². The molecule has 3 heteroatoms. The lowest BCUT2D eigenvalue weighted by Crippen LogP contribution is -2.22. The molecule has 0 heterocycles. The zero-order valence-electron chi connectivity index (χ0n) is 7.87. The molecule has 1 rings (SSSR count). The minimum atomic E-state index is -0.251. The van der Waals surface area contributed by atoms with Gasteiger partial charge in [-0.15, -0.1) is 0 Å². The summed E-state index contributed by atoms with van der Waals surface area (Å²) in [4.78, 5) is 1.90. The van der Waals surface area contributed by atoms with Crippen molar-refractivity contribution in [3.05, 3.63) is 35.6 Å². The van der Waals surface area contributed by atoms with Crippen LogP contribution in [0.25, 0.3) is 0 Å². The van der Waals surface area contributed by atoms with Gasteiger partial charge in [-0.1, -0.05) is 12.1 Å². The summed E-state index contributed by atoms with van der Waals surface area (Å²) < 4.78 is 12.6. The van der Waals surface area contributed by atoms with E-state index in [-0.39, 0.29) is 18.5 Å². The molecule has 0 aliphatic carbocycles. The first-order valence-electron chi connectivity index (χ1n) is 4.18. The van der Waals surface area contributed by atoms with Gasteiger partial charge in [0.25, 0.3) is 0 Å². The highest BCUT2D eigenvalue weighted by Gasteiger charge is 2.11. The number of aliphatic hydroxyl groups is 1. The second-order valence-electron chi connectivity index (χ2n) is 3.21. The normalized spacial score (nSPS) is 13.3. The van der Waals surface area contributed by atoms with Crippen molar-refractivity contribution in [3.8, 4) is 0 Å². The molecule has 0 aliphatic rings. The first-order valence-corrected chi connectivity index (χ1v) is 4.18. The van der Waals surface area contributed by atoms with Crippen molar-refractivity contribution in [2.45, 2.75) is 6.04 Å². The maximum atomic E-state index is 12.6. The van der Waals surface area contributed by atoms with Crippen molar-refractivity contribution >= 4 is 0 Å². The molecule has 0 fully saturated rings. The SMILES string of the molecule is CN(C)[C@@H](CO)c1ccc(F)cc1. The van der Waals surface area contributed by atoms with Crippen LogP contribution in [0.3, 0.4) is 0 Å². The van der Waals surface area contributed by atoms with Gasteiger partial charge in [0, 0.05) is 0 Å². The van der Waals surface area contributed by atoms with Gasteiger partial charge in [-0.3, -0.25) is 0 Å². The predicted molar refractivity (Wildman–Crippen MR) is 49.9 cm³/mol. The molecule has 0 spiro atoms. The molecule has 72 valence electrons. The first kappa shape index (κ1) is 10.2. The van der Waals surface area contributed by atoms with Crippen molar-refractivity contribution < 1.29 is 9.50 Å². The van der Waals surface area contributed by atoms with Crippen LogP contribution in [-0.2, 0) is 0 Å². The number of aliphatic hydroxyl groups excluding tert-OH is 1. The maximum Gasteiger partial charge on any atom is 0.123 e. The van der Waals surface area contributed by atoms with E-state index in [2.05, 4.69) is 0 Å². The highest BCUT2D eigenvalue weighted by molar-refractivity contribution is 5.19. The lowest BCUT2D eigenvalue weighted by Gasteiger charge is -2.22. The molecule has 0 saturated heterocycles. The summed E-state index contributed by atoms with van der Waals surface area (Å²) in [6.07, 6.45) is 0. The van der Waals surface area contributed by atoms with Crippen LogP contribution in [0.15, 0.2) is 24.3 Å². The standard InChI is InChI=1S/C10H14FNO/c1-12(2)10(7-13)8-3-5-9(11)6-4-8/h3-6,10,13H,7H2,1-2H3/t10-/m0/s1. The van der Waals surface area contributed by atoms with E-state index in [9.17, 15) is 4.39 Å². The highest BCUT2D eigenvalue weighted by atomic mass is 19.1. The number of likely N-dealkylation sites (N-methyl/N-ethyl adjacent to an activating group) is 1.